The molecule has 1 aromatic rings. The molecule has 84 valence electrons. The number of nitrogens with one attached hydrogen (secondary N) is 1. The second-order valence-corrected chi connectivity index (χ2v) is 4.60. The molecule has 0 bridgehead atoms. The van der Waals surface area contributed by atoms with Crippen molar-refractivity contribution in [2.45, 2.75) is 19.3 Å². The number of hydrogen-bond donors (Lipinski definition) is 2. The van der Waals surface area contributed by atoms with Crippen molar-refractivity contribution in [3.8, 4) is 11.8 Å². The summed E-state index contributed by atoms with van der Waals surface area (Å²) in [6, 6.07) is 0. The van der Waals surface area contributed by atoms with Gasteiger partial charge in [0, 0.05) is 12.3 Å². The third kappa shape index (κ3) is 3.05. The first kappa shape index (κ1) is 11.1. The lowest BCUT2D eigenvalue weighted by molar-refractivity contribution is -0.117. The van der Waals surface area contributed by atoms with Crippen LogP contribution in [0.4, 0.5) is 5.13 Å². The van der Waals surface area contributed by atoms with Gasteiger partial charge in [-0.1, -0.05) is 23.2 Å². The zero-order chi connectivity index (χ0) is 11.4. The van der Waals surface area contributed by atoms with Crippen molar-refractivity contribution in [1.29, 1.82) is 0 Å². The molecule has 0 radical (unpaired) electrons. The van der Waals surface area contributed by atoms with Gasteiger partial charge in [0.1, 0.15) is 0 Å². The Morgan fingerprint density at radius 1 is 1.69 bits per heavy atom. The van der Waals surface area contributed by atoms with Gasteiger partial charge in [-0.2, -0.15) is 0 Å². The maximum Gasteiger partial charge on any atom is 0.229 e. The summed E-state index contributed by atoms with van der Waals surface area (Å²) < 4.78 is 0. The van der Waals surface area contributed by atoms with Crippen LogP contribution in [-0.2, 0) is 4.79 Å². The zero-order valence-corrected chi connectivity index (χ0v) is 9.51. The first-order valence-electron chi connectivity index (χ1n) is 5.16. The Labute approximate surface area is 97.7 Å². The van der Waals surface area contributed by atoms with E-state index in [0.29, 0.717) is 11.6 Å². The second-order valence-electron chi connectivity index (χ2n) is 3.57. The summed E-state index contributed by atoms with van der Waals surface area (Å²) in [5, 5.41) is 11.9. The molecule has 4 nitrogen and oxygen atoms in total. The fourth-order valence-electron chi connectivity index (χ4n) is 1.15. The number of hydrogen-bond acceptors (Lipinski definition) is 4. The highest BCUT2D eigenvalue weighted by atomic mass is 32.1. The summed E-state index contributed by atoms with van der Waals surface area (Å²) in [5.74, 6) is 5.94. The number of rotatable bonds is 3. The molecule has 1 aromatic heterocycles. The summed E-state index contributed by atoms with van der Waals surface area (Å²) in [6.45, 7) is 0.0665. The first-order valence-corrected chi connectivity index (χ1v) is 5.97. The van der Waals surface area contributed by atoms with E-state index in [0.717, 1.165) is 17.7 Å². The van der Waals surface area contributed by atoms with Gasteiger partial charge in [0.25, 0.3) is 0 Å². The monoisotopic (exact) mass is 236 g/mol. The Kier molecular flexibility index (Phi) is 3.54. The summed E-state index contributed by atoms with van der Waals surface area (Å²) in [6.07, 6.45) is 4.07. The van der Waals surface area contributed by atoms with Crippen molar-refractivity contribution in [2.75, 3.05) is 11.9 Å². The average Bonchev–Trinajstić information content (AvgIpc) is 3.03. The number of aliphatic hydroxyl groups is 1. The molecule has 1 aliphatic rings. The summed E-state index contributed by atoms with van der Waals surface area (Å²) in [4.78, 5) is 16.3. The van der Waals surface area contributed by atoms with E-state index in [1.807, 2.05) is 0 Å². The van der Waals surface area contributed by atoms with Crippen molar-refractivity contribution in [2.24, 2.45) is 5.92 Å². The van der Waals surface area contributed by atoms with Crippen molar-refractivity contribution >= 4 is 22.4 Å². The van der Waals surface area contributed by atoms with Gasteiger partial charge >= 0.3 is 0 Å². The van der Waals surface area contributed by atoms with E-state index in [1.165, 1.54) is 11.3 Å². The normalized spacial score (nSPS) is 14.1. The van der Waals surface area contributed by atoms with Gasteiger partial charge in [0.05, 0.1) is 17.7 Å². The van der Waals surface area contributed by atoms with E-state index < -0.39 is 0 Å². The average molecular weight is 236 g/mol. The Morgan fingerprint density at radius 3 is 3.19 bits per heavy atom. The summed E-state index contributed by atoms with van der Waals surface area (Å²) in [7, 11) is 0. The van der Waals surface area contributed by atoms with Crippen molar-refractivity contribution in [3.63, 3.8) is 0 Å². The fraction of sp³-hybridized carbons (Fsp3) is 0.455. The maximum absolute atomic E-state index is 11.4. The Morgan fingerprint density at radius 2 is 2.50 bits per heavy atom. The molecule has 0 spiro atoms. The molecule has 1 fully saturated rings. The van der Waals surface area contributed by atoms with Gasteiger partial charge in [0.2, 0.25) is 5.91 Å². The van der Waals surface area contributed by atoms with Gasteiger partial charge in [-0.15, -0.1) is 0 Å². The van der Waals surface area contributed by atoms with Crippen LogP contribution in [0.25, 0.3) is 0 Å². The Hall–Kier alpha value is -1.38. The zero-order valence-electron chi connectivity index (χ0n) is 8.69. The van der Waals surface area contributed by atoms with Crippen LogP contribution in [0.1, 0.15) is 24.1 Å². The fourth-order valence-corrected chi connectivity index (χ4v) is 1.84. The molecule has 0 aliphatic heterocycles. The molecule has 16 heavy (non-hydrogen) atoms. The minimum atomic E-state index is 0.0595. The minimum Gasteiger partial charge on any atom is -0.395 e. The topological polar surface area (TPSA) is 62.2 Å². The highest BCUT2D eigenvalue weighted by Gasteiger charge is 2.29. The van der Waals surface area contributed by atoms with Crippen molar-refractivity contribution in [1.82, 2.24) is 4.98 Å². The van der Waals surface area contributed by atoms with E-state index in [-0.39, 0.29) is 18.4 Å². The number of anilines is 1. The van der Waals surface area contributed by atoms with Gasteiger partial charge in [0.15, 0.2) is 5.13 Å². The molecule has 2 rings (SSSR count). The van der Waals surface area contributed by atoms with Gasteiger partial charge < -0.3 is 10.4 Å². The highest BCUT2D eigenvalue weighted by Crippen LogP contribution is 2.30. The molecular formula is C11H12N2O2S. The molecule has 1 amide bonds. The minimum absolute atomic E-state index is 0.0595. The lowest BCUT2D eigenvalue weighted by Gasteiger charge is -1.96. The number of carbonyl (C=O) groups excluding carboxylic acids is 1. The second kappa shape index (κ2) is 5.10. The number of thiazole rings is 1. The van der Waals surface area contributed by atoms with E-state index in [2.05, 4.69) is 22.1 Å². The summed E-state index contributed by atoms with van der Waals surface area (Å²) >= 11 is 1.36. The van der Waals surface area contributed by atoms with Crippen LogP contribution in [0, 0.1) is 17.8 Å². The molecular weight excluding hydrogens is 224 g/mol. The van der Waals surface area contributed by atoms with Crippen LogP contribution in [0.2, 0.25) is 0 Å². The molecule has 1 heterocycles. The van der Waals surface area contributed by atoms with Crippen LogP contribution in [0.5, 0.6) is 0 Å². The van der Waals surface area contributed by atoms with Gasteiger partial charge in [-0.3, -0.25) is 4.79 Å². The number of aliphatic hydroxyl groups excluding tert-OH is 1. The third-order valence-electron chi connectivity index (χ3n) is 2.13. The number of aromatic nitrogens is 1. The molecule has 5 heteroatoms. The van der Waals surface area contributed by atoms with E-state index >= 15 is 0 Å². The van der Waals surface area contributed by atoms with Gasteiger partial charge in [-0.25, -0.2) is 4.98 Å². The van der Waals surface area contributed by atoms with Crippen LogP contribution in [-0.4, -0.2) is 22.6 Å². The number of nitrogens with zero attached hydrogens (tertiary/aromatic N) is 1. The molecule has 0 atom stereocenters. The largest absolute Gasteiger partial charge is 0.395 e. The molecule has 1 saturated carbocycles. The Balaban J connectivity index is 1.91. The van der Waals surface area contributed by atoms with E-state index in [1.54, 1.807) is 6.20 Å². The van der Waals surface area contributed by atoms with Crippen molar-refractivity contribution < 1.29 is 9.90 Å². The van der Waals surface area contributed by atoms with E-state index in [4.69, 9.17) is 5.11 Å². The van der Waals surface area contributed by atoms with Crippen LogP contribution < -0.4 is 5.32 Å². The lowest BCUT2D eigenvalue weighted by atomic mass is 10.4. The molecule has 1 aliphatic carbocycles. The van der Waals surface area contributed by atoms with Crippen LogP contribution in [0.3, 0.4) is 0 Å². The maximum atomic E-state index is 11.4. The SMILES string of the molecule is O=C(Nc1ncc(C#CCCO)s1)C1CC1. The van der Waals surface area contributed by atoms with Gasteiger partial charge in [-0.05, 0) is 12.8 Å². The quantitative estimate of drug-likeness (QED) is 0.776. The van der Waals surface area contributed by atoms with Crippen LogP contribution >= 0.6 is 11.3 Å². The smallest absolute Gasteiger partial charge is 0.229 e. The standard InChI is InChI=1S/C11H12N2O2S/c14-6-2-1-3-9-7-12-11(16-9)13-10(15)8-4-5-8/h7-8,14H,2,4-6H2,(H,12,13,15). The van der Waals surface area contributed by atoms with Crippen LogP contribution in [0.15, 0.2) is 6.20 Å². The summed E-state index contributed by atoms with van der Waals surface area (Å²) in [5.41, 5.74) is 0. The molecule has 0 unspecified atom stereocenters. The Bertz CT molecular complexity index is 440. The highest BCUT2D eigenvalue weighted by molar-refractivity contribution is 7.16. The molecule has 0 aromatic carbocycles. The van der Waals surface area contributed by atoms with Crippen molar-refractivity contribution in [3.05, 3.63) is 11.1 Å². The number of carbonyl (C=O) groups is 1. The molecule has 2 N–H and O–H groups in total. The predicted molar refractivity (Wildman–Crippen MR) is 62.0 cm³/mol. The first-order chi connectivity index (χ1) is 7.79. The third-order valence-corrected chi connectivity index (χ3v) is 2.96. The predicted octanol–water partition coefficient (Wildman–Crippen LogP) is 1.23. The molecule has 0 saturated heterocycles. The number of amides is 1. The van der Waals surface area contributed by atoms with E-state index in [9.17, 15) is 4.79 Å². The lowest BCUT2D eigenvalue weighted by Crippen LogP contribution is -2.12.